The Morgan fingerprint density at radius 1 is 1.27 bits per heavy atom. The maximum absolute atomic E-state index is 12.7. The lowest BCUT2D eigenvalue weighted by Gasteiger charge is -2.23. The van der Waals surface area contributed by atoms with E-state index in [-0.39, 0.29) is 11.6 Å². The quantitative estimate of drug-likeness (QED) is 0.642. The first-order chi connectivity index (χ1) is 14.1. The van der Waals surface area contributed by atoms with Crippen LogP contribution in [-0.2, 0) is 31.3 Å². The summed E-state index contributed by atoms with van der Waals surface area (Å²) in [6, 6.07) is 4.15. The van der Waals surface area contributed by atoms with Crippen LogP contribution >= 0.6 is 11.9 Å². The molecule has 1 aromatic carbocycles. The number of anilines is 1. The summed E-state index contributed by atoms with van der Waals surface area (Å²) in [5, 5.41) is 8.67. The van der Waals surface area contributed by atoms with Crippen molar-refractivity contribution in [3.63, 3.8) is 0 Å². The first-order valence-electron chi connectivity index (χ1n) is 10.7. The van der Waals surface area contributed by atoms with Gasteiger partial charge in [-0.05, 0) is 95.8 Å². The van der Waals surface area contributed by atoms with E-state index in [1.165, 1.54) is 34.2 Å². The highest BCUT2D eigenvalue weighted by atomic mass is 32.2. The van der Waals surface area contributed by atoms with Gasteiger partial charge in [-0.3, -0.25) is 9.40 Å². The van der Waals surface area contributed by atoms with Gasteiger partial charge in [0.05, 0.1) is 11.2 Å². The average molecular weight is 430 g/mol. The van der Waals surface area contributed by atoms with Gasteiger partial charge >= 0.3 is 6.03 Å². The highest BCUT2D eigenvalue weighted by molar-refractivity contribution is 7.97. The lowest BCUT2D eigenvalue weighted by atomic mass is 9.96. The van der Waals surface area contributed by atoms with Gasteiger partial charge in [-0.2, -0.15) is 5.10 Å². The minimum Gasteiger partial charge on any atom is -0.307 e. The summed E-state index contributed by atoms with van der Waals surface area (Å²) in [6.45, 7) is 11.5. The summed E-state index contributed by atoms with van der Waals surface area (Å²) in [7, 11) is 4.09. The molecule has 1 aliphatic rings. The van der Waals surface area contributed by atoms with E-state index in [0.29, 0.717) is 0 Å². The molecular formula is C23H35N5OS. The summed E-state index contributed by atoms with van der Waals surface area (Å²) in [5.41, 5.74) is 7.20. The molecule has 1 aliphatic carbocycles. The van der Waals surface area contributed by atoms with Crippen LogP contribution in [0.4, 0.5) is 10.5 Å². The van der Waals surface area contributed by atoms with Gasteiger partial charge in [0.15, 0.2) is 0 Å². The van der Waals surface area contributed by atoms with E-state index in [1.54, 1.807) is 0 Å². The minimum absolute atomic E-state index is 0.120. The zero-order valence-corrected chi connectivity index (χ0v) is 20.2. The van der Waals surface area contributed by atoms with E-state index in [0.717, 1.165) is 48.6 Å². The van der Waals surface area contributed by atoms with Gasteiger partial charge in [-0.1, -0.05) is 13.0 Å². The van der Waals surface area contributed by atoms with Crippen molar-refractivity contribution in [2.75, 3.05) is 19.4 Å². The smallest absolute Gasteiger partial charge is 0.307 e. The number of carbonyl (C=O) groups is 1. The highest BCUT2D eigenvalue weighted by Crippen LogP contribution is 2.34. The van der Waals surface area contributed by atoms with E-state index >= 15 is 0 Å². The summed E-state index contributed by atoms with van der Waals surface area (Å²) < 4.78 is 4.97. The Bertz CT molecular complexity index is 923. The van der Waals surface area contributed by atoms with Crippen LogP contribution in [0.1, 0.15) is 62.1 Å². The normalized spacial score (nSPS) is 13.6. The Labute approximate surface area is 184 Å². The molecule has 0 radical (unpaired) electrons. The molecular weight excluding hydrogens is 394 g/mol. The number of fused-ring (bicyclic) bond motifs is 1. The number of hydrogen-bond donors (Lipinski definition) is 2. The van der Waals surface area contributed by atoms with Gasteiger partial charge < -0.3 is 10.2 Å². The first kappa shape index (κ1) is 22.7. The predicted octanol–water partition coefficient (Wildman–Crippen LogP) is 4.89. The van der Waals surface area contributed by atoms with Gasteiger partial charge in [0.2, 0.25) is 0 Å². The third-order valence-corrected chi connectivity index (χ3v) is 6.14. The maximum atomic E-state index is 12.7. The molecule has 0 aliphatic heterocycles. The van der Waals surface area contributed by atoms with Crippen molar-refractivity contribution in [3.8, 4) is 0 Å². The standard InChI is InChI=1S/C23H35N5OS/c1-8-18-15(2)12-16-10-9-11-19(16)21(18)24-22(29)26-30-20-13-17(14-27(6)7)28(25-20)23(3,4)5/h12-13H,8-11,14H2,1-7H3,(H2,24,26,29). The fourth-order valence-corrected chi connectivity index (χ4v) is 4.81. The molecule has 0 atom stereocenters. The Kier molecular flexibility index (Phi) is 6.82. The molecule has 164 valence electrons. The van der Waals surface area contributed by atoms with Crippen molar-refractivity contribution in [1.82, 2.24) is 19.4 Å². The van der Waals surface area contributed by atoms with Crippen LogP contribution in [0.2, 0.25) is 0 Å². The van der Waals surface area contributed by atoms with Crippen LogP contribution in [0.15, 0.2) is 17.2 Å². The molecule has 0 saturated carbocycles. The van der Waals surface area contributed by atoms with Crippen molar-refractivity contribution in [1.29, 1.82) is 0 Å². The second-order valence-electron chi connectivity index (χ2n) is 9.34. The molecule has 7 heteroatoms. The third kappa shape index (κ3) is 5.01. The monoisotopic (exact) mass is 429 g/mol. The largest absolute Gasteiger partial charge is 0.329 e. The van der Waals surface area contributed by atoms with Crippen LogP contribution in [0.3, 0.4) is 0 Å². The zero-order chi connectivity index (χ0) is 22.1. The Morgan fingerprint density at radius 3 is 2.63 bits per heavy atom. The third-order valence-electron chi connectivity index (χ3n) is 5.45. The maximum Gasteiger partial charge on any atom is 0.329 e. The number of hydrogen-bond acceptors (Lipinski definition) is 4. The zero-order valence-electron chi connectivity index (χ0n) is 19.3. The fourth-order valence-electron chi connectivity index (χ4n) is 4.25. The molecule has 2 N–H and O–H groups in total. The van der Waals surface area contributed by atoms with Crippen LogP contribution in [-0.4, -0.2) is 34.8 Å². The van der Waals surface area contributed by atoms with Crippen molar-refractivity contribution in [2.45, 2.75) is 77.4 Å². The van der Waals surface area contributed by atoms with Gasteiger partial charge in [0.1, 0.15) is 5.03 Å². The molecule has 2 aromatic rings. The van der Waals surface area contributed by atoms with Crippen molar-refractivity contribution in [3.05, 3.63) is 40.1 Å². The van der Waals surface area contributed by atoms with E-state index in [9.17, 15) is 4.79 Å². The Balaban J connectivity index is 1.74. The lowest BCUT2D eigenvalue weighted by molar-refractivity contribution is 0.257. The summed E-state index contributed by atoms with van der Waals surface area (Å²) in [5.74, 6) is 0. The molecule has 2 amide bonds. The SMILES string of the molecule is CCc1c(C)cc2c(c1NC(=O)NSc1cc(CN(C)C)n(C(C)(C)C)n1)CCC2. The van der Waals surface area contributed by atoms with Gasteiger partial charge in [-0.15, -0.1) is 0 Å². The molecule has 1 heterocycles. The summed E-state index contributed by atoms with van der Waals surface area (Å²) in [4.78, 5) is 14.9. The van der Waals surface area contributed by atoms with Crippen LogP contribution < -0.4 is 10.0 Å². The number of urea groups is 1. The molecule has 0 spiro atoms. The highest BCUT2D eigenvalue weighted by Gasteiger charge is 2.22. The average Bonchev–Trinajstić information content (AvgIpc) is 3.26. The molecule has 0 fully saturated rings. The van der Waals surface area contributed by atoms with E-state index < -0.39 is 0 Å². The van der Waals surface area contributed by atoms with E-state index in [4.69, 9.17) is 5.10 Å². The number of aromatic nitrogens is 2. The molecule has 0 saturated heterocycles. The molecule has 0 unspecified atom stereocenters. The van der Waals surface area contributed by atoms with Gasteiger partial charge in [0.25, 0.3) is 0 Å². The van der Waals surface area contributed by atoms with E-state index in [1.807, 2.05) is 18.8 Å². The second-order valence-corrected chi connectivity index (χ2v) is 10.2. The van der Waals surface area contributed by atoms with Crippen molar-refractivity contribution >= 4 is 23.7 Å². The second kappa shape index (κ2) is 9.02. The molecule has 30 heavy (non-hydrogen) atoms. The number of aryl methyl sites for hydroxylation is 2. The molecule has 3 rings (SSSR count). The summed E-state index contributed by atoms with van der Waals surface area (Å²) in [6.07, 6.45) is 4.21. The summed E-state index contributed by atoms with van der Waals surface area (Å²) >= 11 is 1.26. The molecule has 0 bridgehead atoms. The first-order valence-corrected chi connectivity index (χ1v) is 11.5. The van der Waals surface area contributed by atoms with E-state index in [2.05, 4.69) is 61.7 Å². The molecule has 1 aromatic heterocycles. The molecule has 6 nitrogen and oxygen atoms in total. The Morgan fingerprint density at radius 2 is 2.00 bits per heavy atom. The fraction of sp³-hybridized carbons (Fsp3) is 0.565. The predicted molar refractivity (Wildman–Crippen MR) is 125 cm³/mol. The van der Waals surface area contributed by atoms with Crippen LogP contribution in [0.25, 0.3) is 0 Å². The van der Waals surface area contributed by atoms with Crippen LogP contribution in [0, 0.1) is 6.92 Å². The van der Waals surface area contributed by atoms with Gasteiger partial charge in [0, 0.05) is 24.2 Å². The Hall–Kier alpha value is -1.99. The number of amides is 2. The van der Waals surface area contributed by atoms with Gasteiger partial charge in [-0.25, -0.2) is 4.79 Å². The van der Waals surface area contributed by atoms with Crippen molar-refractivity contribution in [2.24, 2.45) is 0 Å². The number of nitrogens with zero attached hydrogens (tertiary/aromatic N) is 3. The minimum atomic E-state index is -0.200. The number of benzene rings is 1. The lowest BCUT2D eigenvalue weighted by Crippen LogP contribution is -2.27. The number of carbonyl (C=O) groups excluding carboxylic acids is 1. The van der Waals surface area contributed by atoms with Crippen LogP contribution in [0.5, 0.6) is 0 Å². The topological polar surface area (TPSA) is 62.2 Å². The number of rotatable bonds is 6. The van der Waals surface area contributed by atoms with Crippen molar-refractivity contribution < 1.29 is 4.79 Å². The number of nitrogens with one attached hydrogen (secondary N) is 2.